The van der Waals surface area contributed by atoms with Crippen LogP contribution in [0.1, 0.15) is 11.1 Å². The summed E-state index contributed by atoms with van der Waals surface area (Å²) >= 11 is 19.3. The van der Waals surface area contributed by atoms with Crippen LogP contribution in [0.5, 0.6) is 5.75 Å². The van der Waals surface area contributed by atoms with Crippen LogP contribution in [0.4, 0.5) is 0 Å². The Hall–Kier alpha value is -3.43. The summed E-state index contributed by atoms with van der Waals surface area (Å²) in [5.74, 6) is 1.35. The van der Waals surface area contributed by atoms with Crippen LogP contribution < -0.4 is 10.3 Å². The van der Waals surface area contributed by atoms with Crippen LogP contribution in [-0.4, -0.2) is 15.9 Å². The van der Waals surface area contributed by atoms with Gasteiger partial charge in [0.15, 0.2) is 5.76 Å². The summed E-state index contributed by atoms with van der Waals surface area (Å²) in [7, 11) is 0. The van der Waals surface area contributed by atoms with E-state index in [2.05, 4.69) is 37.0 Å². The van der Waals surface area contributed by atoms with Gasteiger partial charge in [0.2, 0.25) is 5.82 Å². The maximum atomic E-state index is 13.5. The van der Waals surface area contributed by atoms with Crippen molar-refractivity contribution in [2.24, 2.45) is 5.10 Å². The van der Waals surface area contributed by atoms with E-state index >= 15 is 0 Å². The number of hydrogen-bond acceptors (Lipinski definition) is 5. The molecule has 10 heteroatoms. The molecular weight excluding hydrogens is 681 g/mol. The maximum absolute atomic E-state index is 13.5. The third-order valence-corrected chi connectivity index (χ3v) is 7.83. The number of halogens is 4. The van der Waals surface area contributed by atoms with E-state index in [9.17, 15) is 4.79 Å². The molecule has 0 atom stereocenters. The monoisotopic (exact) mass is 695 g/mol. The minimum atomic E-state index is -0.308. The molecule has 0 saturated carbocycles. The van der Waals surface area contributed by atoms with Gasteiger partial charge < -0.3 is 9.15 Å². The van der Waals surface area contributed by atoms with Crippen molar-refractivity contribution in [2.45, 2.75) is 6.61 Å². The van der Waals surface area contributed by atoms with Gasteiger partial charge in [-0.15, -0.1) is 0 Å². The summed E-state index contributed by atoms with van der Waals surface area (Å²) in [5, 5.41) is 6.96. The van der Waals surface area contributed by atoms with Crippen LogP contribution in [0.2, 0.25) is 10.0 Å². The number of hydrogen-bond donors (Lipinski definition) is 0. The van der Waals surface area contributed by atoms with E-state index in [1.54, 1.807) is 36.5 Å². The number of fused-ring (bicyclic) bond motifs is 2. The molecule has 6 nitrogen and oxygen atoms in total. The number of rotatable bonds is 6. The van der Waals surface area contributed by atoms with Gasteiger partial charge in [-0.25, -0.2) is 4.98 Å². The van der Waals surface area contributed by atoms with E-state index < -0.39 is 0 Å². The van der Waals surface area contributed by atoms with Crippen LogP contribution in [0, 0.1) is 0 Å². The molecule has 0 radical (unpaired) electrons. The van der Waals surface area contributed by atoms with Crippen LogP contribution >= 0.6 is 55.1 Å². The molecule has 0 saturated heterocycles. The second-order valence-electron chi connectivity index (χ2n) is 8.82. The van der Waals surface area contributed by atoms with Gasteiger partial charge in [0.25, 0.3) is 5.56 Å². The fraction of sp³-hybridized carbons (Fsp3) is 0.0333. The molecule has 0 aliphatic rings. The highest BCUT2D eigenvalue weighted by molar-refractivity contribution is 9.10. The highest BCUT2D eigenvalue weighted by Gasteiger charge is 2.17. The third kappa shape index (κ3) is 5.45. The zero-order valence-electron chi connectivity index (χ0n) is 20.4. The molecule has 0 fully saturated rings. The maximum Gasteiger partial charge on any atom is 0.282 e. The minimum Gasteiger partial charge on any atom is -0.488 e. The van der Waals surface area contributed by atoms with E-state index in [-0.39, 0.29) is 12.2 Å². The van der Waals surface area contributed by atoms with Gasteiger partial charge in [-0.05, 0) is 88.2 Å². The first-order valence-corrected chi connectivity index (χ1v) is 14.3. The molecule has 0 spiro atoms. The quantitative estimate of drug-likeness (QED) is 0.163. The van der Waals surface area contributed by atoms with Crippen molar-refractivity contribution >= 4 is 83.1 Å². The number of para-hydroxylation sites is 1. The van der Waals surface area contributed by atoms with Crippen LogP contribution in [0.15, 0.2) is 108 Å². The summed E-state index contributed by atoms with van der Waals surface area (Å²) in [6, 6.07) is 25.5. The normalized spacial score (nSPS) is 11.6. The van der Waals surface area contributed by atoms with Gasteiger partial charge in [-0.3, -0.25) is 4.79 Å². The molecule has 198 valence electrons. The second kappa shape index (κ2) is 11.2. The highest BCUT2D eigenvalue weighted by Crippen LogP contribution is 2.30. The average molecular weight is 698 g/mol. The van der Waals surface area contributed by atoms with Crippen molar-refractivity contribution < 1.29 is 9.15 Å². The van der Waals surface area contributed by atoms with E-state index in [1.807, 2.05) is 54.6 Å². The number of aromatic nitrogens is 2. The van der Waals surface area contributed by atoms with E-state index in [4.69, 9.17) is 37.3 Å². The zero-order valence-corrected chi connectivity index (χ0v) is 25.1. The summed E-state index contributed by atoms with van der Waals surface area (Å²) in [5.41, 5.74) is 2.48. The molecule has 40 heavy (non-hydrogen) atoms. The van der Waals surface area contributed by atoms with Crippen molar-refractivity contribution in [3.05, 3.63) is 125 Å². The standard InChI is InChI=1S/C30H17Br2Cl2N3O3/c31-20-7-10-26-19(12-20)13-28(40-26)29-36-25-4-2-1-3-22(25)30(38)37(29)35-15-17-5-9-27(23(32)11-17)39-16-18-6-8-21(33)14-24(18)34/h1-15H,16H2. The smallest absolute Gasteiger partial charge is 0.282 e. The molecular formula is C30H17Br2Cl2N3O3. The predicted octanol–water partition coefficient (Wildman–Crippen LogP) is 9.10. The van der Waals surface area contributed by atoms with Crippen molar-refractivity contribution in [1.29, 1.82) is 0 Å². The van der Waals surface area contributed by atoms with E-state index in [1.165, 1.54) is 4.68 Å². The molecule has 6 aromatic rings. The Kier molecular flexibility index (Phi) is 7.51. The van der Waals surface area contributed by atoms with Gasteiger partial charge in [-0.1, -0.05) is 57.3 Å². The number of ether oxygens (including phenoxy) is 1. The second-order valence-corrected chi connectivity index (χ2v) is 11.4. The minimum absolute atomic E-state index is 0.275. The summed E-state index contributed by atoms with van der Waals surface area (Å²) in [6.45, 7) is 0.275. The zero-order chi connectivity index (χ0) is 27.8. The van der Waals surface area contributed by atoms with E-state index in [0.29, 0.717) is 48.3 Å². The first kappa shape index (κ1) is 26.8. The lowest BCUT2D eigenvalue weighted by Gasteiger charge is -2.10. The Labute approximate surface area is 255 Å². The highest BCUT2D eigenvalue weighted by atomic mass is 79.9. The lowest BCUT2D eigenvalue weighted by molar-refractivity contribution is 0.304. The van der Waals surface area contributed by atoms with E-state index in [0.717, 1.165) is 21.0 Å². The van der Waals surface area contributed by atoms with Gasteiger partial charge in [0.05, 0.1) is 21.6 Å². The molecule has 0 unspecified atom stereocenters. The Morgan fingerprint density at radius 1 is 0.975 bits per heavy atom. The van der Waals surface area contributed by atoms with Crippen molar-refractivity contribution in [1.82, 2.24) is 9.66 Å². The molecule has 0 N–H and O–H groups in total. The molecule has 0 aliphatic heterocycles. The predicted molar refractivity (Wildman–Crippen MR) is 167 cm³/mol. The van der Waals surface area contributed by atoms with Crippen molar-refractivity contribution in [3.63, 3.8) is 0 Å². The average Bonchev–Trinajstić information content (AvgIpc) is 3.36. The largest absolute Gasteiger partial charge is 0.488 e. The number of benzene rings is 4. The van der Waals surface area contributed by atoms with Crippen LogP contribution in [0.3, 0.4) is 0 Å². The SMILES string of the molecule is O=c1c2ccccc2nc(-c2cc3cc(Br)ccc3o2)n1N=Cc1ccc(OCc2ccc(Cl)cc2Cl)c(Br)c1. The summed E-state index contributed by atoms with van der Waals surface area (Å²) in [4.78, 5) is 18.2. The number of furan rings is 1. The van der Waals surface area contributed by atoms with Gasteiger partial charge in [0.1, 0.15) is 17.9 Å². The fourth-order valence-electron chi connectivity index (χ4n) is 4.15. The molecule has 6 rings (SSSR count). The van der Waals surface area contributed by atoms with Gasteiger partial charge in [0, 0.05) is 25.5 Å². The molecule has 0 amide bonds. The summed E-state index contributed by atoms with van der Waals surface area (Å²) < 4.78 is 14.9. The third-order valence-electron chi connectivity index (χ3n) is 6.13. The molecule has 4 aromatic carbocycles. The number of nitrogens with zero attached hydrogens (tertiary/aromatic N) is 3. The molecule has 2 heterocycles. The summed E-state index contributed by atoms with van der Waals surface area (Å²) in [6.07, 6.45) is 1.59. The Morgan fingerprint density at radius 3 is 2.65 bits per heavy atom. The first-order valence-electron chi connectivity index (χ1n) is 12.0. The Balaban J connectivity index is 1.34. The lowest BCUT2D eigenvalue weighted by Crippen LogP contribution is -2.20. The molecule has 0 aliphatic carbocycles. The van der Waals surface area contributed by atoms with Gasteiger partial charge in [-0.2, -0.15) is 9.78 Å². The molecule has 2 aromatic heterocycles. The Morgan fingerprint density at radius 2 is 1.82 bits per heavy atom. The van der Waals surface area contributed by atoms with Crippen molar-refractivity contribution in [2.75, 3.05) is 0 Å². The topological polar surface area (TPSA) is 69.6 Å². The van der Waals surface area contributed by atoms with Crippen molar-refractivity contribution in [3.8, 4) is 17.3 Å². The lowest BCUT2D eigenvalue weighted by atomic mass is 10.2. The van der Waals surface area contributed by atoms with Crippen LogP contribution in [0.25, 0.3) is 33.5 Å². The van der Waals surface area contributed by atoms with Gasteiger partial charge >= 0.3 is 0 Å². The van der Waals surface area contributed by atoms with Crippen LogP contribution in [-0.2, 0) is 6.61 Å². The first-order chi connectivity index (χ1) is 19.4. The Bertz CT molecular complexity index is 2000. The fourth-order valence-corrected chi connectivity index (χ4v) is 5.50. The molecule has 0 bridgehead atoms.